The van der Waals surface area contributed by atoms with Crippen molar-refractivity contribution in [3.63, 3.8) is 0 Å². The lowest BCUT2D eigenvalue weighted by Crippen LogP contribution is -2.35. The maximum atomic E-state index is 6.49. The van der Waals surface area contributed by atoms with Gasteiger partial charge in [0.2, 0.25) is 0 Å². The van der Waals surface area contributed by atoms with Crippen LogP contribution in [-0.4, -0.2) is 11.6 Å². The van der Waals surface area contributed by atoms with Crippen molar-refractivity contribution in [2.75, 3.05) is 0 Å². The number of hydrogen-bond acceptors (Lipinski definition) is 2. The fraction of sp³-hybridized carbons (Fsp3) is 0.727. The Hall–Kier alpha value is -0.860. The van der Waals surface area contributed by atoms with E-state index in [4.69, 9.17) is 10.5 Å². The molecule has 2 heteroatoms. The summed E-state index contributed by atoms with van der Waals surface area (Å²) >= 11 is 0. The normalized spacial score (nSPS) is 29.6. The van der Waals surface area contributed by atoms with Crippen molar-refractivity contribution in [2.24, 2.45) is 5.73 Å². The Balaban J connectivity index is 1.58. The highest BCUT2D eigenvalue weighted by Crippen LogP contribution is 2.42. The maximum Gasteiger partial charge on any atom is 0.0723 e. The fourth-order valence-electron chi connectivity index (χ4n) is 4.49. The van der Waals surface area contributed by atoms with E-state index < -0.39 is 0 Å². The quantitative estimate of drug-likeness (QED) is 0.673. The summed E-state index contributed by atoms with van der Waals surface area (Å²) in [5, 5.41) is 0. The van der Waals surface area contributed by atoms with E-state index in [1.165, 1.54) is 61.6 Å². The molecule has 3 rings (SSSR count). The summed E-state index contributed by atoms with van der Waals surface area (Å²) in [4.78, 5) is 0. The molecular formula is C22H35NO. The van der Waals surface area contributed by atoms with E-state index >= 15 is 0 Å². The molecule has 134 valence electrons. The Morgan fingerprint density at radius 3 is 2.79 bits per heavy atom. The summed E-state index contributed by atoms with van der Waals surface area (Å²) in [5.74, 6) is 0.645. The Labute approximate surface area is 148 Å². The number of hydrogen-bond donors (Lipinski definition) is 1. The molecule has 0 bridgehead atoms. The van der Waals surface area contributed by atoms with E-state index in [-0.39, 0.29) is 5.54 Å². The lowest BCUT2D eigenvalue weighted by atomic mass is 9.88. The van der Waals surface area contributed by atoms with Gasteiger partial charge in [-0.25, -0.2) is 0 Å². The fourth-order valence-corrected chi connectivity index (χ4v) is 4.49. The smallest absolute Gasteiger partial charge is 0.0723 e. The molecule has 2 N–H and O–H groups in total. The van der Waals surface area contributed by atoms with Crippen LogP contribution in [0.5, 0.6) is 0 Å². The molecule has 1 aliphatic carbocycles. The predicted molar refractivity (Wildman–Crippen MR) is 101 cm³/mol. The molecule has 0 radical (unpaired) electrons. The van der Waals surface area contributed by atoms with Crippen LogP contribution in [0.3, 0.4) is 0 Å². The Bertz CT molecular complexity index is 541. The van der Waals surface area contributed by atoms with Crippen molar-refractivity contribution in [2.45, 2.75) is 102 Å². The molecule has 3 atom stereocenters. The van der Waals surface area contributed by atoms with Crippen LogP contribution in [0.4, 0.5) is 0 Å². The molecule has 0 unspecified atom stereocenters. The van der Waals surface area contributed by atoms with Gasteiger partial charge in [0.25, 0.3) is 0 Å². The molecule has 1 heterocycles. The van der Waals surface area contributed by atoms with Crippen molar-refractivity contribution >= 4 is 0 Å². The van der Waals surface area contributed by atoms with Crippen LogP contribution >= 0.6 is 0 Å². The number of rotatable bonds is 7. The molecule has 1 aromatic carbocycles. The first kappa shape index (κ1) is 17.9. The first-order chi connectivity index (χ1) is 11.6. The molecule has 1 saturated carbocycles. The summed E-state index contributed by atoms with van der Waals surface area (Å²) < 4.78 is 6.14. The van der Waals surface area contributed by atoms with Crippen molar-refractivity contribution in [1.82, 2.24) is 0 Å². The lowest BCUT2D eigenvalue weighted by Gasteiger charge is -2.27. The maximum absolute atomic E-state index is 6.49. The molecule has 1 aliphatic heterocycles. The first-order valence-electron chi connectivity index (χ1n) is 10.2. The molecule has 1 fully saturated rings. The largest absolute Gasteiger partial charge is 0.373 e. The van der Waals surface area contributed by atoms with Gasteiger partial charge < -0.3 is 10.5 Å². The van der Waals surface area contributed by atoms with Crippen molar-refractivity contribution < 1.29 is 4.74 Å². The van der Waals surface area contributed by atoms with Gasteiger partial charge in [0.1, 0.15) is 0 Å². The van der Waals surface area contributed by atoms with Gasteiger partial charge in [0.05, 0.1) is 12.7 Å². The minimum Gasteiger partial charge on any atom is -0.373 e. The van der Waals surface area contributed by atoms with Gasteiger partial charge in [0, 0.05) is 5.54 Å². The van der Waals surface area contributed by atoms with Gasteiger partial charge in [-0.05, 0) is 61.1 Å². The van der Waals surface area contributed by atoms with Gasteiger partial charge in [-0.1, -0.05) is 57.7 Å². The third kappa shape index (κ3) is 4.21. The van der Waals surface area contributed by atoms with Crippen LogP contribution in [0.1, 0.15) is 94.2 Å². The minimum atomic E-state index is 0.0701. The summed E-state index contributed by atoms with van der Waals surface area (Å²) in [5.41, 5.74) is 11.0. The van der Waals surface area contributed by atoms with Gasteiger partial charge in [-0.3, -0.25) is 0 Å². The number of fused-ring (bicyclic) bond motifs is 1. The molecule has 0 aromatic heterocycles. The summed E-state index contributed by atoms with van der Waals surface area (Å²) in [6, 6.07) is 7.15. The Morgan fingerprint density at radius 1 is 1.17 bits per heavy atom. The van der Waals surface area contributed by atoms with Gasteiger partial charge >= 0.3 is 0 Å². The van der Waals surface area contributed by atoms with E-state index in [1.807, 2.05) is 0 Å². The first-order valence-corrected chi connectivity index (χ1v) is 10.2. The van der Waals surface area contributed by atoms with Crippen LogP contribution in [0.25, 0.3) is 0 Å². The number of benzene rings is 1. The van der Waals surface area contributed by atoms with Gasteiger partial charge in [0.15, 0.2) is 0 Å². The van der Waals surface area contributed by atoms with E-state index in [2.05, 4.69) is 32.0 Å². The number of nitrogens with two attached hydrogens (primary N) is 1. The molecule has 0 spiro atoms. The SMILES string of the molecule is CCCCCC[C@H]1Cc2ccc([C@H]3CC[C@](N)(CC)C3)cc2CO1. The number of unbranched alkanes of at least 4 members (excludes halogenated alkanes) is 3. The minimum absolute atomic E-state index is 0.0701. The molecular weight excluding hydrogens is 294 g/mol. The van der Waals surface area contributed by atoms with E-state index in [0.29, 0.717) is 12.0 Å². The third-order valence-electron chi connectivity index (χ3n) is 6.35. The van der Waals surface area contributed by atoms with Crippen LogP contribution in [0.15, 0.2) is 18.2 Å². The van der Waals surface area contributed by atoms with Gasteiger partial charge in [-0.15, -0.1) is 0 Å². The van der Waals surface area contributed by atoms with Crippen molar-refractivity contribution in [3.8, 4) is 0 Å². The highest BCUT2D eigenvalue weighted by Gasteiger charge is 2.35. The van der Waals surface area contributed by atoms with Crippen molar-refractivity contribution in [1.29, 1.82) is 0 Å². The van der Waals surface area contributed by atoms with Crippen LogP contribution in [-0.2, 0) is 17.8 Å². The summed E-state index contributed by atoms with van der Waals surface area (Å²) in [6.45, 7) is 5.30. The second-order valence-corrected chi connectivity index (χ2v) is 8.17. The standard InChI is InChI=1S/C22H35NO/c1-3-5-6-7-8-21-14-18-10-9-17(13-20(18)16-24-21)19-11-12-22(23,4-2)15-19/h9-10,13,19,21H,3-8,11-12,14-16,23H2,1-2H3/t19-,21-,22+/m0/s1. The average Bonchev–Trinajstić information content (AvgIpc) is 3.01. The zero-order valence-corrected chi connectivity index (χ0v) is 15.7. The summed E-state index contributed by atoms with van der Waals surface area (Å²) in [6.07, 6.45) is 12.7. The summed E-state index contributed by atoms with van der Waals surface area (Å²) in [7, 11) is 0. The molecule has 24 heavy (non-hydrogen) atoms. The predicted octanol–water partition coefficient (Wildman–Crippen LogP) is 5.47. The highest BCUT2D eigenvalue weighted by atomic mass is 16.5. The zero-order valence-electron chi connectivity index (χ0n) is 15.7. The highest BCUT2D eigenvalue weighted by molar-refractivity contribution is 5.36. The topological polar surface area (TPSA) is 35.2 Å². The molecule has 1 aromatic rings. The zero-order chi connectivity index (χ0) is 17.0. The second kappa shape index (κ2) is 8.01. The number of ether oxygens (including phenoxy) is 1. The monoisotopic (exact) mass is 329 g/mol. The van der Waals surface area contributed by atoms with E-state index in [0.717, 1.165) is 25.9 Å². The van der Waals surface area contributed by atoms with Crippen LogP contribution in [0.2, 0.25) is 0 Å². The van der Waals surface area contributed by atoms with Crippen LogP contribution in [0, 0.1) is 0 Å². The Kier molecular flexibility index (Phi) is 5.99. The van der Waals surface area contributed by atoms with E-state index in [1.54, 1.807) is 0 Å². The molecule has 0 amide bonds. The molecule has 2 aliphatic rings. The van der Waals surface area contributed by atoms with Crippen molar-refractivity contribution in [3.05, 3.63) is 34.9 Å². The molecule has 2 nitrogen and oxygen atoms in total. The Morgan fingerprint density at radius 2 is 2.04 bits per heavy atom. The third-order valence-corrected chi connectivity index (χ3v) is 6.35. The average molecular weight is 330 g/mol. The molecule has 0 saturated heterocycles. The lowest BCUT2D eigenvalue weighted by molar-refractivity contribution is 0.0216. The van der Waals surface area contributed by atoms with Gasteiger partial charge in [-0.2, -0.15) is 0 Å². The van der Waals surface area contributed by atoms with Crippen LogP contribution < -0.4 is 5.73 Å². The van der Waals surface area contributed by atoms with E-state index in [9.17, 15) is 0 Å². The second-order valence-electron chi connectivity index (χ2n) is 8.17.